The van der Waals surface area contributed by atoms with Crippen LogP contribution in [0.15, 0.2) is 47.6 Å². The lowest BCUT2D eigenvalue weighted by atomic mass is 10.1. The number of anilines is 1. The van der Waals surface area contributed by atoms with Crippen LogP contribution in [0, 0.1) is 6.92 Å². The maximum Gasteiger partial charge on any atom is 0.324 e. The molecule has 2 aromatic rings. The molecule has 7 nitrogen and oxygen atoms in total. The number of rotatable bonds is 5. The van der Waals surface area contributed by atoms with Gasteiger partial charge in [0, 0.05) is 38.9 Å². The summed E-state index contributed by atoms with van der Waals surface area (Å²) in [7, 11) is 1.76. The topological polar surface area (TPSA) is 72.9 Å². The molecule has 2 N–H and O–H groups in total. The molecule has 31 heavy (non-hydrogen) atoms. The second kappa shape index (κ2) is 10.8. The van der Waals surface area contributed by atoms with E-state index in [-0.39, 0.29) is 12.1 Å². The minimum absolute atomic E-state index is 0.0612. The lowest BCUT2D eigenvalue weighted by molar-refractivity contribution is 0.176. The first kappa shape index (κ1) is 22.6. The van der Waals surface area contributed by atoms with Gasteiger partial charge >= 0.3 is 6.03 Å². The van der Waals surface area contributed by atoms with Crippen LogP contribution in [0.25, 0.3) is 0 Å². The zero-order chi connectivity index (χ0) is 22.2. The number of pyridine rings is 1. The fourth-order valence-electron chi connectivity index (χ4n) is 3.83. The van der Waals surface area contributed by atoms with Gasteiger partial charge in [-0.1, -0.05) is 31.5 Å². The molecular weight excluding hydrogens is 388 g/mol. The van der Waals surface area contributed by atoms with Crippen molar-refractivity contribution < 1.29 is 4.79 Å². The van der Waals surface area contributed by atoms with Gasteiger partial charge in [-0.15, -0.1) is 0 Å². The molecule has 1 aromatic heterocycles. The van der Waals surface area contributed by atoms with E-state index in [9.17, 15) is 4.79 Å². The van der Waals surface area contributed by atoms with Crippen LogP contribution >= 0.6 is 0 Å². The fourth-order valence-corrected chi connectivity index (χ4v) is 3.83. The molecule has 1 atom stereocenters. The number of aromatic nitrogens is 1. The van der Waals surface area contributed by atoms with Gasteiger partial charge in [0.1, 0.15) is 5.82 Å². The number of piperazine rings is 1. The number of aliphatic imine (C=N–C) groups is 1. The predicted molar refractivity (Wildman–Crippen MR) is 127 cm³/mol. The third-order valence-electron chi connectivity index (χ3n) is 5.63. The van der Waals surface area contributed by atoms with Gasteiger partial charge in [0.25, 0.3) is 0 Å². The molecule has 0 bridgehead atoms. The second-order valence-corrected chi connectivity index (χ2v) is 8.04. The average Bonchev–Trinajstić information content (AvgIpc) is 2.78. The molecule has 2 amide bonds. The summed E-state index contributed by atoms with van der Waals surface area (Å²) in [6.07, 6.45) is 5.27. The number of nitrogens with zero attached hydrogens (tertiary/aromatic N) is 4. The third kappa shape index (κ3) is 5.96. The van der Waals surface area contributed by atoms with Gasteiger partial charge in [-0.25, -0.2) is 14.8 Å². The van der Waals surface area contributed by atoms with Crippen molar-refractivity contribution in [3.8, 4) is 0 Å². The van der Waals surface area contributed by atoms with Crippen molar-refractivity contribution in [1.29, 1.82) is 0 Å². The number of hydrogen-bond donors (Lipinski definition) is 2. The maximum absolute atomic E-state index is 12.9. The largest absolute Gasteiger partial charge is 0.359 e. The van der Waals surface area contributed by atoms with Crippen LogP contribution in [0.4, 0.5) is 16.3 Å². The molecule has 0 aliphatic carbocycles. The molecule has 0 radical (unpaired) electrons. The van der Waals surface area contributed by atoms with E-state index in [1.165, 1.54) is 18.4 Å². The van der Waals surface area contributed by atoms with Crippen molar-refractivity contribution in [2.45, 2.75) is 46.1 Å². The Kier molecular flexibility index (Phi) is 7.87. The Morgan fingerprint density at radius 3 is 2.65 bits per heavy atom. The quantitative estimate of drug-likeness (QED) is 0.567. The summed E-state index contributed by atoms with van der Waals surface area (Å²) in [6, 6.07) is 12.1. The molecule has 7 heteroatoms. The van der Waals surface area contributed by atoms with E-state index in [1.807, 2.05) is 29.3 Å². The molecule has 1 fully saturated rings. The number of carbonyl (C=O) groups excluding carboxylic acids is 1. The molecular formula is C24H34N6O. The van der Waals surface area contributed by atoms with Crippen LogP contribution in [0.5, 0.6) is 0 Å². The highest BCUT2D eigenvalue weighted by molar-refractivity contribution is 5.97. The SMILES string of the molecule is CCCCc1ccc(/N=C(\NC)NC(=O)N2CCN(c3ncccc3C)C[C@H]2C)cc1. The third-order valence-corrected chi connectivity index (χ3v) is 5.63. The summed E-state index contributed by atoms with van der Waals surface area (Å²) in [5.41, 5.74) is 3.27. The standard InChI is InChI=1S/C24H34N6O/c1-5-6-9-20-10-12-21(13-11-20)27-23(25-4)28-24(31)30-16-15-29(17-19(30)3)22-18(2)8-7-14-26-22/h7-8,10-14,19H,5-6,9,15-17H2,1-4H3,(H2,25,27,28,31)/t19-/m1/s1. The number of benzene rings is 1. The summed E-state index contributed by atoms with van der Waals surface area (Å²) in [5.74, 6) is 1.44. The first-order valence-electron chi connectivity index (χ1n) is 11.1. The maximum atomic E-state index is 12.9. The summed E-state index contributed by atoms with van der Waals surface area (Å²) in [6.45, 7) is 8.46. The lowest BCUT2D eigenvalue weighted by Gasteiger charge is -2.40. The van der Waals surface area contributed by atoms with Crippen molar-refractivity contribution in [2.24, 2.45) is 4.99 Å². The zero-order valence-electron chi connectivity index (χ0n) is 19.1. The highest BCUT2D eigenvalue weighted by Gasteiger charge is 2.29. The van der Waals surface area contributed by atoms with Crippen LogP contribution in [-0.4, -0.2) is 54.6 Å². The first-order chi connectivity index (χ1) is 15.0. The Morgan fingerprint density at radius 2 is 2.00 bits per heavy atom. The van der Waals surface area contributed by atoms with Gasteiger partial charge in [-0.05, 0) is 56.0 Å². The predicted octanol–water partition coefficient (Wildman–Crippen LogP) is 3.86. The van der Waals surface area contributed by atoms with Gasteiger partial charge in [-0.3, -0.25) is 5.32 Å². The number of urea groups is 1. The van der Waals surface area contributed by atoms with Crippen molar-refractivity contribution in [3.63, 3.8) is 0 Å². The number of amides is 2. The molecule has 0 unspecified atom stereocenters. The average molecular weight is 423 g/mol. The van der Waals surface area contributed by atoms with Gasteiger partial charge in [0.15, 0.2) is 0 Å². The minimum Gasteiger partial charge on any atom is -0.359 e. The molecule has 2 heterocycles. The van der Waals surface area contributed by atoms with Crippen molar-refractivity contribution >= 4 is 23.5 Å². The van der Waals surface area contributed by atoms with Gasteiger partial charge in [0.2, 0.25) is 5.96 Å². The molecule has 1 saturated heterocycles. The number of guanidine groups is 1. The van der Waals surface area contributed by atoms with Crippen LogP contribution in [0.2, 0.25) is 0 Å². The monoisotopic (exact) mass is 422 g/mol. The Balaban J connectivity index is 1.60. The van der Waals surface area contributed by atoms with Crippen molar-refractivity contribution in [1.82, 2.24) is 20.5 Å². The van der Waals surface area contributed by atoms with Gasteiger partial charge in [-0.2, -0.15) is 0 Å². The Hall–Kier alpha value is -3.09. The normalized spacial score (nSPS) is 16.9. The smallest absolute Gasteiger partial charge is 0.324 e. The van der Waals surface area contributed by atoms with Crippen LogP contribution in [0.1, 0.15) is 37.8 Å². The van der Waals surface area contributed by atoms with E-state index < -0.39 is 0 Å². The van der Waals surface area contributed by atoms with Crippen LogP contribution in [-0.2, 0) is 6.42 Å². The Morgan fingerprint density at radius 1 is 1.23 bits per heavy atom. The molecule has 1 aliphatic heterocycles. The lowest BCUT2D eigenvalue weighted by Crippen LogP contribution is -2.58. The molecule has 0 saturated carbocycles. The molecule has 166 valence electrons. The van der Waals surface area contributed by atoms with Crippen molar-refractivity contribution in [3.05, 3.63) is 53.7 Å². The minimum atomic E-state index is -0.141. The number of carbonyl (C=O) groups is 1. The highest BCUT2D eigenvalue weighted by atomic mass is 16.2. The van der Waals surface area contributed by atoms with E-state index in [1.54, 1.807) is 7.05 Å². The van der Waals surface area contributed by atoms with E-state index in [0.717, 1.165) is 36.6 Å². The number of aryl methyl sites for hydroxylation is 2. The van der Waals surface area contributed by atoms with Crippen LogP contribution < -0.4 is 15.5 Å². The van der Waals surface area contributed by atoms with E-state index >= 15 is 0 Å². The van der Waals surface area contributed by atoms with E-state index in [2.05, 4.69) is 64.5 Å². The zero-order valence-corrected chi connectivity index (χ0v) is 19.1. The first-order valence-corrected chi connectivity index (χ1v) is 11.1. The highest BCUT2D eigenvalue weighted by Crippen LogP contribution is 2.20. The summed E-state index contributed by atoms with van der Waals surface area (Å²) in [5, 5.41) is 5.92. The van der Waals surface area contributed by atoms with Gasteiger partial charge < -0.3 is 15.1 Å². The van der Waals surface area contributed by atoms with Crippen LogP contribution in [0.3, 0.4) is 0 Å². The van der Waals surface area contributed by atoms with E-state index in [0.29, 0.717) is 12.5 Å². The molecule has 0 spiro atoms. The molecule has 3 rings (SSSR count). The molecule has 1 aromatic carbocycles. The fraction of sp³-hybridized carbons (Fsp3) is 0.458. The van der Waals surface area contributed by atoms with E-state index in [4.69, 9.17) is 0 Å². The van der Waals surface area contributed by atoms with Crippen molar-refractivity contribution in [2.75, 3.05) is 31.6 Å². The number of hydrogen-bond acceptors (Lipinski definition) is 4. The Bertz CT molecular complexity index is 895. The summed E-state index contributed by atoms with van der Waals surface area (Å²) in [4.78, 5) is 26.1. The Labute approximate surface area is 185 Å². The molecule has 1 aliphatic rings. The summed E-state index contributed by atoms with van der Waals surface area (Å²) >= 11 is 0. The number of nitrogens with one attached hydrogen (secondary N) is 2. The van der Waals surface area contributed by atoms with Gasteiger partial charge in [0.05, 0.1) is 5.69 Å². The summed E-state index contributed by atoms with van der Waals surface area (Å²) < 4.78 is 0. The second-order valence-electron chi connectivity index (χ2n) is 8.04. The number of unbranched alkanes of at least 4 members (excludes halogenated alkanes) is 1.